The number of aromatic nitrogens is 4. The fourth-order valence-electron chi connectivity index (χ4n) is 4.42. The van der Waals surface area contributed by atoms with Crippen molar-refractivity contribution < 1.29 is 9.53 Å². The maximum absolute atomic E-state index is 12.3. The maximum Gasteiger partial charge on any atom is 0.411 e. The number of anilines is 2. The summed E-state index contributed by atoms with van der Waals surface area (Å²) in [5, 5.41) is 8.51. The fourth-order valence-corrected chi connectivity index (χ4v) is 4.42. The zero-order valence-corrected chi connectivity index (χ0v) is 18.5. The number of aryl methyl sites for hydroxylation is 1. The number of ether oxygens (including phenoxy) is 1. The zero-order valence-electron chi connectivity index (χ0n) is 18.5. The number of nitrogens with zero attached hydrogens (tertiary/aromatic N) is 4. The van der Waals surface area contributed by atoms with Crippen molar-refractivity contribution in [3.05, 3.63) is 66.0 Å². The second-order valence-corrected chi connectivity index (χ2v) is 8.41. The fraction of sp³-hybridized carbons (Fsp3) is 0.280. The standard InChI is InChI=1S/C25H26N6O2/c1-16-13-18(11-12-20(16)29-25(32)33-14-17-7-3-2-4-8-17)22-21-23(26)27-15-28-24(21)31(30-22)19-9-5-6-10-19/h2-4,7-8,11-13,15,19H,5-6,9-10,14H2,1H3,(H,29,32)(H2,26,27,28). The van der Waals surface area contributed by atoms with Gasteiger partial charge in [0.05, 0.1) is 11.4 Å². The molecule has 1 amide bonds. The monoisotopic (exact) mass is 442 g/mol. The minimum atomic E-state index is -0.497. The van der Waals surface area contributed by atoms with Crippen LogP contribution in [0.5, 0.6) is 0 Å². The molecule has 8 nitrogen and oxygen atoms in total. The number of carbonyl (C=O) groups excluding carboxylic acids is 1. The van der Waals surface area contributed by atoms with Gasteiger partial charge in [-0.05, 0) is 43.0 Å². The first-order valence-corrected chi connectivity index (χ1v) is 11.2. The minimum absolute atomic E-state index is 0.216. The van der Waals surface area contributed by atoms with Crippen LogP contribution in [0.25, 0.3) is 22.3 Å². The molecule has 1 aliphatic rings. The molecule has 0 spiro atoms. The van der Waals surface area contributed by atoms with E-state index in [1.165, 1.54) is 19.2 Å². The molecule has 8 heteroatoms. The van der Waals surface area contributed by atoms with E-state index in [2.05, 4.69) is 15.3 Å². The molecule has 5 rings (SSSR count). The Kier molecular flexibility index (Phi) is 5.64. The van der Waals surface area contributed by atoms with Gasteiger partial charge in [0.1, 0.15) is 24.4 Å². The third-order valence-corrected chi connectivity index (χ3v) is 6.14. The van der Waals surface area contributed by atoms with Crippen molar-refractivity contribution >= 4 is 28.6 Å². The number of hydrogen-bond acceptors (Lipinski definition) is 6. The van der Waals surface area contributed by atoms with Gasteiger partial charge < -0.3 is 10.5 Å². The highest BCUT2D eigenvalue weighted by Crippen LogP contribution is 2.37. The number of nitrogens with one attached hydrogen (secondary N) is 1. The topological polar surface area (TPSA) is 108 Å². The van der Waals surface area contributed by atoms with Gasteiger partial charge in [-0.25, -0.2) is 19.4 Å². The average Bonchev–Trinajstić information content (AvgIpc) is 3.48. The van der Waals surface area contributed by atoms with E-state index < -0.39 is 6.09 Å². The largest absolute Gasteiger partial charge is 0.444 e. The van der Waals surface area contributed by atoms with Gasteiger partial charge in [0, 0.05) is 11.3 Å². The summed E-state index contributed by atoms with van der Waals surface area (Å²) in [6.07, 6.45) is 5.57. The van der Waals surface area contributed by atoms with E-state index in [0.29, 0.717) is 17.5 Å². The van der Waals surface area contributed by atoms with Gasteiger partial charge in [-0.15, -0.1) is 0 Å². The molecule has 0 radical (unpaired) electrons. The van der Waals surface area contributed by atoms with E-state index in [4.69, 9.17) is 15.6 Å². The number of nitrogens with two attached hydrogens (primary N) is 1. The normalized spacial score (nSPS) is 14.0. The van der Waals surface area contributed by atoms with Crippen molar-refractivity contribution in [3.8, 4) is 11.3 Å². The minimum Gasteiger partial charge on any atom is -0.444 e. The Morgan fingerprint density at radius 3 is 2.70 bits per heavy atom. The van der Waals surface area contributed by atoms with Crippen LogP contribution in [0.2, 0.25) is 0 Å². The van der Waals surface area contributed by atoms with Gasteiger partial charge in [0.2, 0.25) is 0 Å². The lowest BCUT2D eigenvalue weighted by Crippen LogP contribution is -2.14. The smallest absolute Gasteiger partial charge is 0.411 e. The Labute approximate surface area is 191 Å². The lowest BCUT2D eigenvalue weighted by molar-refractivity contribution is 0.155. The lowest BCUT2D eigenvalue weighted by atomic mass is 10.1. The molecule has 2 aromatic carbocycles. The maximum atomic E-state index is 12.3. The van der Waals surface area contributed by atoms with E-state index in [0.717, 1.165) is 46.3 Å². The summed E-state index contributed by atoms with van der Waals surface area (Å²) in [6, 6.07) is 15.7. The average molecular weight is 443 g/mol. The predicted octanol–water partition coefficient (Wildman–Crippen LogP) is 5.25. The zero-order chi connectivity index (χ0) is 22.8. The third-order valence-electron chi connectivity index (χ3n) is 6.14. The Balaban J connectivity index is 1.39. The van der Waals surface area contributed by atoms with Crippen molar-refractivity contribution in [3.63, 3.8) is 0 Å². The molecule has 3 N–H and O–H groups in total. The van der Waals surface area contributed by atoms with Crippen LogP contribution in [-0.4, -0.2) is 25.8 Å². The van der Waals surface area contributed by atoms with Gasteiger partial charge in [-0.2, -0.15) is 5.10 Å². The molecule has 0 saturated heterocycles. The number of fused-ring (bicyclic) bond motifs is 1. The van der Waals surface area contributed by atoms with E-state index in [9.17, 15) is 4.79 Å². The van der Waals surface area contributed by atoms with Crippen molar-refractivity contribution in [1.29, 1.82) is 0 Å². The number of rotatable bonds is 5. The Bertz CT molecular complexity index is 1300. The summed E-state index contributed by atoms with van der Waals surface area (Å²) < 4.78 is 7.35. The molecule has 0 bridgehead atoms. The van der Waals surface area contributed by atoms with Gasteiger partial charge in [0.15, 0.2) is 5.65 Å². The highest BCUT2D eigenvalue weighted by Gasteiger charge is 2.24. The molecule has 0 aliphatic heterocycles. The van der Waals surface area contributed by atoms with E-state index in [1.54, 1.807) is 0 Å². The van der Waals surface area contributed by atoms with Crippen LogP contribution in [0.3, 0.4) is 0 Å². The lowest BCUT2D eigenvalue weighted by Gasteiger charge is -2.11. The predicted molar refractivity (Wildman–Crippen MR) is 128 cm³/mol. The van der Waals surface area contributed by atoms with Crippen LogP contribution < -0.4 is 11.1 Å². The summed E-state index contributed by atoms with van der Waals surface area (Å²) >= 11 is 0. The Hall–Kier alpha value is -3.94. The summed E-state index contributed by atoms with van der Waals surface area (Å²) in [6.45, 7) is 2.15. The number of benzene rings is 2. The Morgan fingerprint density at radius 1 is 1.15 bits per heavy atom. The molecular formula is C25H26N6O2. The van der Waals surface area contributed by atoms with Crippen LogP contribution in [0.15, 0.2) is 54.9 Å². The molecule has 1 saturated carbocycles. The molecule has 168 valence electrons. The highest BCUT2D eigenvalue weighted by atomic mass is 16.5. The molecular weight excluding hydrogens is 416 g/mol. The van der Waals surface area contributed by atoms with Crippen LogP contribution in [0.1, 0.15) is 42.9 Å². The molecule has 33 heavy (non-hydrogen) atoms. The number of hydrogen-bond donors (Lipinski definition) is 2. The van der Waals surface area contributed by atoms with Gasteiger partial charge in [-0.1, -0.05) is 49.2 Å². The molecule has 1 aliphatic carbocycles. The summed E-state index contributed by atoms with van der Waals surface area (Å²) in [5.41, 5.74) is 11.2. The highest BCUT2D eigenvalue weighted by molar-refractivity contribution is 5.98. The van der Waals surface area contributed by atoms with E-state index in [-0.39, 0.29) is 6.61 Å². The summed E-state index contributed by atoms with van der Waals surface area (Å²) in [7, 11) is 0. The van der Waals surface area contributed by atoms with E-state index >= 15 is 0 Å². The third kappa shape index (κ3) is 4.24. The molecule has 2 heterocycles. The second-order valence-electron chi connectivity index (χ2n) is 8.41. The molecule has 2 aromatic heterocycles. The number of nitrogen functional groups attached to an aromatic ring is 1. The van der Waals surface area contributed by atoms with Crippen molar-refractivity contribution in [2.24, 2.45) is 0 Å². The number of carbonyl (C=O) groups is 1. The van der Waals surface area contributed by atoms with Gasteiger partial charge in [0.25, 0.3) is 0 Å². The first kappa shape index (κ1) is 20.9. The van der Waals surface area contributed by atoms with Gasteiger partial charge in [-0.3, -0.25) is 5.32 Å². The van der Waals surface area contributed by atoms with Crippen LogP contribution in [-0.2, 0) is 11.3 Å². The first-order chi connectivity index (χ1) is 16.1. The van der Waals surface area contributed by atoms with Crippen LogP contribution >= 0.6 is 0 Å². The molecule has 1 fully saturated rings. The van der Waals surface area contributed by atoms with Gasteiger partial charge >= 0.3 is 6.09 Å². The number of amides is 1. The summed E-state index contributed by atoms with van der Waals surface area (Å²) in [5.74, 6) is 0.420. The van der Waals surface area contributed by atoms with Crippen molar-refractivity contribution in [2.75, 3.05) is 11.1 Å². The van der Waals surface area contributed by atoms with E-state index in [1.807, 2.05) is 60.1 Å². The molecule has 0 atom stereocenters. The Morgan fingerprint density at radius 2 is 1.94 bits per heavy atom. The molecule has 4 aromatic rings. The summed E-state index contributed by atoms with van der Waals surface area (Å²) in [4.78, 5) is 21.0. The second kappa shape index (κ2) is 8.90. The van der Waals surface area contributed by atoms with Crippen LogP contribution in [0, 0.1) is 6.92 Å². The van der Waals surface area contributed by atoms with Crippen molar-refractivity contribution in [2.45, 2.75) is 45.3 Å². The SMILES string of the molecule is Cc1cc(-c2nn(C3CCCC3)c3ncnc(N)c23)ccc1NC(=O)OCc1ccccc1. The molecule has 0 unspecified atom stereocenters. The quantitative estimate of drug-likeness (QED) is 0.437. The van der Waals surface area contributed by atoms with Crippen molar-refractivity contribution in [1.82, 2.24) is 19.7 Å². The van der Waals surface area contributed by atoms with Crippen LogP contribution in [0.4, 0.5) is 16.3 Å². The first-order valence-electron chi connectivity index (χ1n) is 11.2.